The van der Waals surface area contributed by atoms with E-state index in [2.05, 4.69) is 15.7 Å². The van der Waals surface area contributed by atoms with Crippen LogP contribution in [0.25, 0.3) is 0 Å². The molecule has 1 atom stereocenters. The van der Waals surface area contributed by atoms with Crippen LogP contribution in [0.1, 0.15) is 17.5 Å². The number of carbonyl (C=O) groups excluding carboxylic acids is 3. The van der Waals surface area contributed by atoms with Gasteiger partial charge in [0.05, 0.1) is 11.9 Å². The molecule has 4 rings (SSSR count). The maximum atomic E-state index is 12.9. The minimum atomic E-state index is -1.04. The predicted octanol–water partition coefficient (Wildman–Crippen LogP) is 0.752. The summed E-state index contributed by atoms with van der Waals surface area (Å²) in [6, 6.07) is 7.05. The van der Waals surface area contributed by atoms with E-state index >= 15 is 0 Å². The van der Waals surface area contributed by atoms with Crippen molar-refractivity contribution in [2.24, 2.45) is 7.05 Å². The molecule has 1 spiro atoms. The van der Waals surface area contributed by atoms with E-state index in [1.54, 1.807) is 17.9 Å². The Kier molecular flexibility index (Phi) is 3.34. The lowest BCUT2D eigenvalue weighted by Crippen LogP contribution is -2.42. The quantitative estimate of drug-likeness (QED) is 0.807. The summed E-state index contributed by atoms with van der Waals surface area (Å²) in [5.41, 5.74) is 1.35. The second-order valence-electron chi connectivity index (χ2n) is 6.33. The number of benzene rings is 1. The van der Waals surface area contributed by atoms with Crippen LogP contribution in [-0.2, 0) is 28.6 Å². The molecule has 2 aliphatic rings. The Balaban J connectivity index is 1.53. The lowest BCUT2D eigenvalue weighted by atomic mass is 9.92. The summed E-state index contributed by atoms with van der Waals surface area (Å²) in [5, 5.41) is 9.39. The summed E-state index contributed by atoms with van der Waals surface area (Å²) in [6.07, 6.45) is 4.37. The average molecular weight is 339 g/mol. The summed E-state index contributed by atoms with van der Waals surface area (Å²) in [7, 11) is 1.73. The first-order valence-corrected chi connectivity index (χ1v) is 8.00. The molecular weight excluding hydrogens is 322 g/mol. The number of carbonyl (C=O) groups is 3. The van der Waals surface area contributed by atoms with E-state index in [9.17, 15) is 14.4 Å². The predicted molar refractivity (Wildman–Crippen MR) is 88.5 cm³/mol. The average Bonchev–Trinajstić information content (AvgIpc) is 3.22. The van der Waals surface area contributed by atoms with Crippen molar-refractivity contribution in [1.29, 1.82) is 0 Å². The van der Waals surface area contributed by atoms with Gasteiger partial charge in [-0.1, -0.05) is 24.3 Å². The highest BCUT2D eigenvalue weighted by molar-refractivity contribution is 6.10. The maximum Gasteiger partial charge on any atom is 0.325 e. The molecule has 0 bridgehead atoms. The van der Waals surface area contributed by atoms with E-state index in [4.69, 9.17) is 0 Å². The molecule has 2 heterocycles. The third-order valence-corrected chi connectivity index (χ3v) is 4.71. The van der Waals surface area contributed by atoms with Gasteiger partial charge in [0.1, 0.15) is 12.1 Å². The van der Waals surface area contributed by atoms with Gasteiger partial charge in [-0.3, -0.25) is 19.2 Å². The summed E-state index contributed by atoms with van der Waals surface area (Å²) >= 11 is 0. The number of hydrogen-bond acceptors (Lipinski definition) is 4. The van der Waals surface area contributed by atoms with Crippen molar-refractivity contribution in [3.63, 3.8) is 0 Å². The van der Waals surface area contributed by atoms with E-state index < -0.39 is 17.5 Å². The van der Waals surface area contributed by atoms with Crippen LogP contribution in [-0.4, -0.2) is 39.1 Å². The zero-order valence-electron chi connectivity index (χ0n) is 13.7. The number of hydrogen-bond donors (Lipinski definition) is 2. The van der Waals surface area contributed by atoms with Gasteiger partial charge in [-0.05, 0) is 24.0 Å². The Hall–Kier alpha value is -3.16. The summed E-state index contributed by atoms with van der Waals surface area (Å²) in [4.78, 5) is 38.5. The molecule has 4 amide bonds. The van der Waals surface area contributed by atoms with Gasteiger partial charge in [0.2, 0.25) is 5.91 Å². The van der Waals surface area contributed by atoms with Crippen LogP contribution in [0.2, 0.25) is 0 Å². The number of amides is 4. The summed E-state index contributed by atoms with van der Waals surface area (Å²) in [6.45, 7) is -0.330. The van der Waals surface area contributed by atoms with Crippen LogP contribution in [0.4, 0.5) is 10.5 Å². The topological polar surface area (TPSA) is 96.3 Å². The Morgan fingerprint density at radius 1 is 1.36 bits per heavy atom. The van der Waals surface area contributed by atoms with Gasteiger partial charge in [0.15, 0.2) is 0 Å². The van der Waals surface area contributed by atoms with Crippen molar-refractivity contribution in [2.45, 2.75) is 18.4 Å². The zero-order chi connectivity index (χ0) is 17.6. The number of urea groups is 1. The summed E-state index contributed by atoms with van der Waals surface area (Å²) < 4.78 is 1.55. The summed E-state index contributed by atoms with van der Waals surface area (Å²) in [5.74, 6) is -0.816. The molecule has 1 aliphatic carbocycles. The molecule has 2 N–H and O–H groups in total. The number of anilines is 1. The third kappa shape index (κ3) is 2.37. The molecule has 25 heavy (non-hydrogen) atoms. The van der Waals surface area contributed by atoms with Crippen LogP contribution in [0.15, 0.2) is 36.7 Å². The van der Waals surface area contributed by atoms with Gasteiger partial charge in [0, 0.05) is 13.2 Å². The van der Waals surface area contributed by atoms with Crippen LogP contribution >= 0.6 is 0 Å². The molecule has 128 valence electrons. The third-order valence-electron chi connectivity index (χ3n) is 4.71. The van der Waals surface area contributed by atoms with E-state index in [0.717, 1.165) is 22.4 Å². The number of nitrogens with one attached hydrogen (secondary N) is 2. The second kappa shape index (κ2) is 5.44. The molecule has 1 aromatic carbocycles. The Morgan fingerprint density at radius 2 is 2.16 bits per heavy atom. The number of rotatable bonds is 3. The van der Waals surface area contributed by atoms with Crippen LogP contribution < -0.4 is 10.6 Å². The number of aryl methyl sites for hydroxylation is 2. The molecule has 2 aromatic rings. The molecule has 0 saturated carbocycles. The molecule has 0 radical (unpaired) electrons. The minimum Gasteiger partial charge on any atom is -0.322 e. The van der Waals surface area contributed by atoms with E-state index in [1.807, 2.05) is 24.3 Å². The van der Waals surface area contributed by atoms with Crippen LogP contribution in [0.3, 0.4) is 0 Å². The largest absolute Gasteiger partial charge is 0.325 e. The SMILES string of the molecule is Cn1cc(NC(=O)CN2C(=O)N[C@@]3(CCc4ccccc43)C2=O)cn1. The van der Waals surface area contributed by atoms with Gasteiger partial charge in [-0.15, -0.1) is 0 Å². The number of fused-ring (bicyclic) bond motifs is 2. The first kappa shape index (κ1) is 15.4. The van der Waals surface area contributed by atoms with Gasteiger partial charge < -0.3 is 10.6 Å². The Morgan fingerprint density at radius 3 is 2.92 bits per heavy atom. The van der Waals surface area contributed by atoms with Crippen molar-refractivity contribution in [2.75, 3.05) is 11.9 Å². The lowest BCUT2D eigenvalue weighted by Gasteiger charge is -2.22. The number of imide groups is 1. The van der Waals surface area contributed by atoms with Gasteiger partial charge in [0.25, 0.3) is 5.91 Å². The molecule has 8 nitrogen and oxygen atoms in total. The Labute approximate surface area is 143 Å². The van der Waals surface area contributed by atoms with Crippen molar-refractivity contribution < 1.29 is 14.4 Å². The van der Waals surface area contributed by atoms with E-state index in [1.165, 1.54) is 6.20 Å². The molecule has 1 aliphatic heterocycles. The fourth-order valence-corrected chi connectivity index (χ4v) is 3.56. The smallest absolute Gasteiger partial charge is 0.322 e. The molecule has 1 aromatic heterocycles. The fraction of sp³-hybridized carbons (Fsp3) is 0.294. The van der Waals surface area contributed by atoms with Crippen LogP contribution in [0.5, 0.6) is 0 Å². The molecule has 1 fully saturated rings. The zero-order valence-corrected chi connectivity index (χ0v) is 13.7. The minimum absolute atomic E-state index is 0.330. The monoisotopic (exact) mass is 339 g/mol. The molecule has 8 heteroatoms. The highest BCUT2D eigenvalue weighted by Gasteiger charge is 2.55. The number of nitrogens with zero attached hydrogens (tertiary/aromatic N) is 3. The second-order valence-corrected chi connectivity index (χ2v) is 6.33. The first-order valence-electron chi connectivity index (χ1n) is 8.00. The Bertz CT molecular complexity index is 890. The molecular formula is C17H17N5O3. The standard InChI is InChI=1S/C17H17N5O3/c1-21-9-12(8-18-21)19-14(23)10-22-15(24)17(20-16(22)25)7-6-11-4-2-3-5-13(11)17/h2-5,8-9H,6-7,10H2,1H3,(H,19,23)(H,20,25)/t17-/m1/s1. The van der Waals surface area contributed by atoms with E-state index in [-0.39, 0.29) is 12.5 Å². The normalized spacial score (nSPS) is 21.6. The van der Waals surface area contributed by atoms with Gasteiger partial charge in [-0.2, -0.15) is 5.10 Å². The fourth-order valence-electron chi connectivity index (χ4n) is 3.56. The van der Waals surface area contributed by atoms with Crippen molar-refractivity contribution >= 4 is 23.5 Å². The highest BCUT2D eigenvalue weighted by atomic mass is 16.2. The highest BCUT2D eigenvalue weighted by Crippen LogP contribution is 2.41. The van der Waals surface area contributed by atoms with Crippen molar-refractivity contribution in [1.82, 2.24) is 20.0 Å². The van der Waals surface area contributed by atoms with E-state index in [0.29, 0.717) is 12.1 Å². The van der Waals surface area contributed by atoms with Crippen molar-refractivity contribution in [3.8, 4) is 0 Å². The maximum absolute atomic E-state index is 12.9. The molecule has 0 unspecified atom stereocenters. The van der Waals surface area contributed by atoms with Gasteiger partial charge >= 0.3 is 6.03 Å². The van der Waals surface area contributed by atoms with Crippen molar-refractivity contribution in [3.05, 3.63) is 47.8 Å². The molecule has 1 saturated heterocycles. The first-order chi connectivity index (χ1) is 12.0. The van der Waals surface area contributed by atoms with Crippen LogP contribution in [0, 0.1) is 0 Å². The number of aromatic nitrogens is 2. The van der Waals surface area contributed by atoms with Gasteiger partial charge in [-0.25, -0.2) is 4.79 Å². The lowest BCUT2D eigenvalue weighted by molar-refractivity contribution is -0.134.